The van der Waals surface area contributed by atoms with Gasteiger partial charge in [0.2, 0.25) is 0 Å². The van der Waals surface area contributed by atoms with E-state index in [-0.39, 0.29) is 10.7 Å². The first-order valence-corrected chi connectivity index (χ1v) is 7.80. The van der Waals surface area contributed by atoms with Crippen molar-refractivity contribution in [2.75, 3.05) is 11.9 Å². The van der Waals surface area contributed by atoms with Crippen LogP contribution in [0.25, 0.3) is 0 Å². The molecule has 0 atom stereocenters. The Hall–Kier alpha value is -2.34. The molecule has 0 saturated carbocycles. The minimum Gasteiger partial charge on any atom is -0.452 e. The predicted molar refractivity (Wildman–Crippen MR) is 89.9 cm³/mol. The van der Waals surface area contributed by atoms with Gasteiger partial charge in [0, 0.05) is 17.9 Å². The Balaban J connectivity index is 1.97. The van der Waals surface area contributed by atoms with Crippen molar-refractivity contribution in [2.45, 2.75) is 27.3 Å². The second kappa shape index (κ2) is 7.49. The number of benzene rings is 1. The number of carbonyl (C=O) groups excluding carboxylic acids is 2. The lowest BCUT2D eigenvalue weighted by Gasteiger charge is -2.08. The zero-order chi connectivity index (χ0) is 17.9. The first kappa shape index (κ1) is 18.0. The van der Waals surface area contributed by atoms with Crippen LogP contribution in [0.3, 0.4) is 0 Å². The van der Waals surface area contributed by atoms with Gasteiger partial charge in [-0.05, 0) is 45.0 Å². The summed E-state index contributed by atoms with van der Waals surface area (Å²) in [7, 11) is 0. The number of nitrogens with zero attached hydrogens (tertiary/aromatic N) is 1. The standard InChI is InChI=1S/C17H18ClFN2O3/c1-4-21-10(2)7-13(11(21)3)17(23)24-9-16(22)20-15-6-5-12(19)8-14(15)18/h5-8H,4,9H2,1-3H3,(H,20,22). The number of rotatable bonds is 5. The van der Waals surface area contributed by atoms with Gasteiger partial charge in [0.25, 0.3) is 5.91 Å². The Kier molecular flexibility index (Phi) is 5.62. The van der Waals surface area contributed by atoms with Gasteiger partial charge in [-0.3, -0.25) is 4.79 Å². The predicted octanol–water partition coefficient (Wildman–Crippen LogP) is 3.71. The molecule has 1 aromatic heterocycles. The summed E-state index contributed by atoms with van der Waals surface area (Å²) in [6.07, 6.45) is 0. The molecule has 1 heterocycles. The highest BCUT2D eigenvalue weighted by molar-refractivity contribution is 6.33. The highest BCUT2D eigenvalue weighted by atomic mass is 35.5. The van der Waals surface area contributed by atoms with E-state index in [1.165, 1.54) is 12.1 Å². The smallest absolute Gasteiger partial charge is 0.340 e. The van der Waals surface area contributed by atoms with Gasteiger partial charge in [-0.25, -0.2) is 9.18 Å². The SMILES string of the molecule is CCn1c(C)cc(C(=O)OCC(=O)Nc2ccc(F)cc2Cl)c1C. The molecule has 2 rings (SSSR count). The zero-order valence-electron chi connectivity index (χ0n) is 13.7. The van der Waals surface area contributed by atoms with E-state index in [1.807, 2.05) is 25.3 Å². The van der Waals surface area contributed by atoms with Gasteiger partial charge in [0.05, 0.1) is 16.3 Å². The van der Waals surface area contributed by atoms with E-state index < -0.39 is 24.3 Å². The lowest BCUT2D eigenvalue weighted by Crippen LogP contribution is -2.21. The van der Waals surface area contributed by atoms with E-state index in [4.69, 9.17) is 16.3 Å². The number of hydrogen-bond acceptors (Lipinski definition) is 3. The molecule has 2 aromatic rings. The van der Waals surface area contributed by atoms with Crippen LogP contribution in [0.4, 0.5) is 10.1 Å². The number of halogens is 2. The number of aryl methyl sites for hydroxylation is 1. The fourth-order valence-electron chi connectivity index (χ4n) is 2.48. The average Bonchev–Trinajstić information content (AvgIpc) is 2.82. The van der Waals surface area contributed by atoms with Crippen molar-refractivity contribution in [1.29, 1.82) is 0 Å². The van der Waals surface area contributed by atoms with Crippen LogP contribution >= 0.6 is 11.6 Å². The van der Waals surface area contributed by atoms with E-state index in [0.29, 0.717) is 5.56 Å². The Morgan fingerprint density at radius 2 is 2.00 bits per heavy atom. The summed E-state index contributed by atoms with van der Waals surface area (Å²) in [6, 6.07) is 5.33. The van der Waals surface area contributed by atoms with Crippen molar-refractivity contribution in [2.24, 2.45) is 0 Å². The Morgan fingerprint density at radius 1 is 1.29 bits per heavy atom. The van der Waals surface area contributed by atoms with Crippen LogP contribution in [0, 0.1) is 19.7 Å². The third kappa shape index (κ3) is 3.94. The van der Waals surface area contributed by atoms with E-state index in [0.717, 1.165) is 24.0 Å². The van der Waals surface area contributed by atoms with Gasteiger partial charge in [0.1, 0.15) is 5.82 Å². The molecule has 0 spiro atoms. The average molecular weight is 353 g/mol. The molecule has 0 radical (unpaired) electrons. The molecule has 0 saturated heterocycles. The van der Waals surface area contributed by atoms with Crippen molar-refractivity contribution in [3.8, 4) is 0 Å². The van der Waals surface area contributed by atoms with Gasteiger partial charge >= 0.3 is 5.97 Å². The van der Waals surface area contributed by atoms with Crippen LogP contribution in [-0.4, -0.2) is 23.1 Å². The van der Waals surface area contributed by atoms with Gasteiger partial charge in [-0.1, -0.05) is 11.6 Å². The molecule has 0 aliphatic rings. The maximum atomic E-state index is 13.0. The quantitative estimate of drug-likeness (QED) is 0.834. The lowest BCUT2D eigenvalue weighted by atomic mass is 10.2. The minimum absolute atomic E-state index is 0.0705. The monoisotopic (exact) mass is 352 g/mol. The molecular formula is C17H18ClFN2O3. The van der Waals surface area contributed by atoms with Gasteiger partial charge in [0.15, 0.2) is 6.61 Å². The molecule has 0 unspecified atom stereocenters. The van der Waals surface area contributed by atoms with Gasteiger partial charge in [-0.15, -0.1) is 0 Å². The molecular weight excluding hydrogens is 335 g/mol. The number of nitrogens with one attached hydrogen (secondary N) is 1. The van der Waals surface area contributed by atoms with Crippen LogP contribution in [0.1, 0.15) is 28.7 Å². The van der Waals surface area contributed by atoms with Crippen molar-refractivity contribution < 1.29 is 18.7 Å². The molecule has 1 N–H and O–H groups in total. The largest absolute Gasteiger partial charge is 0.452 e. The third-order valence-electron chi connectivity index (χ3n) is 3.65. The van der Waals surface area contributed by atoms with Crippen molar-refractivity contribution >= 4 is 29.2 Å². The van der Waals surface area contributed by atoms with E-state index in [9.17, 15) is 14.0 Å². The number of carbonyl (C=O) groups is 2. The first-order valence-electron chi connectivity index (χ1n) is 7.42. The van der Waals surface area contributed by atoms with Crippen LogP contribution in [0.5, 0.6) is 0 Å². The number of amides is 1. The lowest BCUT2D eigenvalue weighted by molar-refractivity contribution is -0.119. The van der Waals surface area contributed by atoms with E-state index in [2.05, 4.69) is 5.32 Å². The number of esters is 1. The molecule has 5 nitrogen and oxygen atoms in total. The number of anilines is 1. The molecule has 0 fully saturated rings. The van der Waals surface area contributed by atoms with Crippen molar-refractivity contribution in [3.63, 3.8) is 0 Å². The number of ether oxygens (including phenoxy) is 1. The molecule has 1 aromatic carbocycles. The third-order valence-corrected chi connectivity index (χ3v) is 3.96. The Bertz CT molecular complexity index is 786. The molecule has 7 heteroatoms. The first-order chi connectivity index (χ1) is 11.3. The minimum atomic E-state index is -0.567. The molecule has 0 bridgehead atoms. The normalized spacial score (nSPS) is 10.5. The zero-order valence-corrected chi connectivity index (χ0v) is 14.4. The summed E-state index contributed by atoms with van der Waals surface area (Å²) >= 11 is 5.82. The molecule has 0 aliphatic heterocycles. The van der Waals surface area contributed by atoms with E-state index >= 15 is 0 Å². The second-order valence-corrected chi connectivity index (χ2v) is 5.68. The van der Waals surface area contributed by atoms with Crippen LogP contribution in [0.15, 0.2) is 24.3 Å². The molecule has 1 amide bonds. The second-order valence-electron chi connectivity index (χ2n) is 5.28. The maximum absolute atomic E-state index is 13.0. The molecule has 0 aliphatic carbocycles. The number of hydrogen-bond donors (Lipinski definition) is 1. The molecule has 24 heavy (non-hydrogen) atoms. The summed E-state index contributed by atoms with van der Waals surface area (Å²) in [5.41, 5.74) is 2.43. The summed E-state index contributed by atoms with van der Waals surface area (Å²) in [4.78, 5) is 24.0. The summed E-state index contributed by atoms with van der Waals surface area (Å²) in [6.45, 7) is 5.99. The fraction of sp³-hybridized carbons (Fsp3) is 0.294. The maximum Gasteiger partial charge on any atom is 0.340 e. The van der Waals surface area contributed by atoms with Crippen LogP contribution < -0.4 is 5.32 Å². The van der Waals surface area contributed by atoms with Gasteiger partial charge < -0.3 is 14.6 Å². The van der Waals surface area contributed by atoms with Crippen molar-refractivity contribution in [1.82, 2.24) is 4.57 Å². The van der Waals surface area contributed by atoms with E-state index in [1.54, 1.807) is 6.07 Å². The van der Waals surface area contributed by atoms with Gasteiger partial charge in [-0.2, -0.15) is 0 Å². The molecule has 128 valence electrons. The van der Waals surface area contributed by atoms with Crippen LogP contribution in [0.2, 0.25) is 5.02 Å². The van der Waals surface area contributed by atoms with Crippen molar-refractivity contribution in [3.05, 3.63) is 52.1 Å². The fourth-order valence-corrected chi connectivity index (χ4v) is 2.69. The summed E-state index contributed by atoms with van der Waals surface area (Å²) in [5, 5.41) is 2.54. The Morgan fingerprint density at radius 3 is 2.58 bits per heavy atom. The summed E-state index contributed by atoms with van der Waals surface area (Å²) < 4.78 is 20.0. The highest BCUT2D eigenvalue weighted by Crippen LogP contribution is 2.22. The Labute approximate surface area is 144 Å². The van der Waals surface area contributed by atoms with Crippen LogP contribution in [-0.2, 0) is 16.1 Å². The highest BCUT2D eigenvalue weighted by Gasteiger charge is 2.17. The number of aromatic nitrogens is 1. The summed E-state index contributed by atoms with van der Waals surface area (Å²) in [5.74, 6) is -1.62. The topological polar surface area (TPSA) is 60.3 Å².